The monoisotopic (exact) mass is 336 g/mol. The van der Waals surface area contributed by atoms with Gasteiger partial charge < -0.3 is 15.0 Å². The summed E-state index contributed by atoms with van der Waals surface area (Å²) in [6, 6.07) is 0. The molecule has 5 nitrogen and oxygen atoms in total. The summed E-state index contributed by atoms with van der Waals surface area (Å²) in [4.78, 5) is 2.36. The topological polar surface area (TPSA) is 53.2 Å². The van der Waals surface area contributed by atoms with Crippen LogP contribution in [0.25, 0.3) is 0 Å². The molecular weight excluding hydrogens is 300 g/mol. The first-order valence-corrected chi connectivity index (χ1v) is 9.57. The highest BCUT2D eigenvalue weighted by molar-refractivity contribution is 5.21. The van der Waals surface area contributed by atoms with Crippen LogP contribution in [-0.2, 0) is 11.3 Å². The number of hydrogen-bond acceptors (Lipinski definition) is 4. The number of nitrogens with zero attached hydrogens (tertiary/aromatic N) is 2. The highest BCUT2D eigenvalue weighted by Crippen LogP contribution is 2.37. The van der Waals surface area contributed by atoms with Crippen molar-refractivity contribution in [1.29, 1.82) is 0 Å². The summed E-state index contributed by atoms with van der Waals surface area (Å²) >= 11 is 0. The van der Waals surface area contributed by atoms with Gasteiger partial charge in [0.25, 0.3) is 0 Å². The lowest BCUT2D eigenvalue weighted by atomic mass is 9.78. The van der Waals surface area contributed by atoms with E-state index < -0.39 is 0 Å². The number of H-pyrrole nitrogens is 1. The molecule has 0 atom stereocenters. The predicted molar refractivity (Wildman–Crippen MR) is 99.3 cm³/mol. The van der Waals surface area contributed by atoms with Crippen LogP contribution in [0.15, 0.2) is 6.20 Å². The van der Waals surface area contributed by atoms with Gasteiger partial charge in [-0.1, -0.05) is 0 Å². The predicted octanol–water partition coefficient (Wildman–Crippen LogP) is 3.15. The van der Waals surface area contributed by atoms with Gasteiger partial charge in [-0.05, 0) is 66.0 Å². The van der Waals surface area contributed by atoms with Crippen molar-refractivity contribution < 1.29 is 4.74 Å². The van der Waals surface area contributed by atoms with Crippen molar-refractivity contribution in [3.8, 4) is 0 Å². The van der Waals surface area contributed by atoms with Crippen molar-refractivity contribution in [2.75, 3.05) is 33.8 Å². The average Bonchev–Trinajstić information content (AvgIpc) is 3.01. The Morgan fingerprint density at radius 1 is 1.33 bits per heavy atom. The van der Waals surface area contributed by atoms with Crippen molar-refractivity contribution in [1.82, 2.24) is 20.4 Å². The Morgan fingerprint density at radius 3 is 2.75 bits per heavy atom. The Labute approximate surface area is 147 Å². The molecule has 5 heteroatoms. The lowest BCUT2D eigenvalue weighted by molar-refractivity contribution is 0.0640. The molecule has 138 valence electrons. The molecule has 1 saturated carbocycles. The second-order valence-corrected chi connectivity index (χ2v) is 7.56. The standard InChI is InChI=1S/C19H36N4O/c1-15(2)24-12-9-16-5-7-17(8-6-16)19-18(13-21-22-19)14-23(4)11-10-20-3/h13,15-17,20H,5-12,14H2,1-4H3,(H,21,22)/t16-,17+. The number of aromatic nitrogens is 2. The van der Waals surface area contributed by atoms with Crippen LogP contribution in [0.3, 0.4) is 0 Å². The second kappa shape index (κ2) is 10.2. The lowest BCUT2D eigenvalue weighted by Gasteiger charge is -2.28. The third-order valence-corrected chi connectivity index (χ3v) is 5.15. The molecule has 0 saturated heterocycles. The Hall–Kier alpha value is -0.910. The molecule has 1 aliphatic rings. The quantitative estimate of drug-likeness (QED) is 0.689. The maximum atomic E-state index is 5.71. The first-order chi connectivity index (χ1) is 11.6. The third-order valence-electron chi connectivity index (χ3n) is 5.15. The summed E-state index contributed by atoms with van der Waals surface area (Å²) in [5, 5.41) is 10.9. The molecule has 0 aliphatic heterocycles. The molecule has 24 heavy (non-hydrogen) atoms. The molecule has 2 N–H and O–H groups in total. The van der Waals surface area contributed by atoms with Gasteiger partial charge in [0.05, 0.1) is 11.8 Å². The van der Waals surface area contributed by atoms with E-state index in [1.165, 1.54) is 43.4 Å². The number of hydrogen-bond donors (Lipinski definition) is 2. The summed E-state index contributed by atoms with van der Waals surface area (Å²) in [5.41, 5.74) is 2.68. The molecule has 0 aromatic carbocycles. The van der Waals surface area contributed by atoms with Crippen LogP contribution >= 0.6 is 0 Å². The minimum atomic E-state index is 0.354. The number of ether oxygens (including phenoxy) is 1. The maximum Gasteiger partial charge on any atom is 0.0697 e. The van der Waals surface area contributed by atoms with Crippen molar-refractivity contribution in [3.63, 3.8) is 0 Å². The summed E-state index contributed by atoms with van der Waals surface area (Å²) in [5.74, 6) is 1.46. The van der Waals surface area contributed by atoms with Crippen LogP contribution in [-0.4, -0.2) is 55.0 Å². The van der Waals surface area contributed by atoms with Crippen molar-refractivity contribution in [2.45, 2.75) is 64.5 Å². The van der Waals surface area contributed by atoms with Crippen LogP contribution in [0, 0.1) is 5.92 Å². The van der Waals surface area contributed by atoms with Crippen molar-refractivity contribution in [2.24, 2.45) is 5.92 Å². The van der Waals surface area contributed by atoms with Crippen molar-refractivity contribution >= 4 is 0 Å². The molecular formula is C19H36N4O. The van der Waals surface area contributed by atoms with Gasteiger partial charge in [-0.3, -0.25) is 5.10 Å². The van der Waals surface area contributed by atoms with Gasteiger partial charge in [-0.15, -0.1) is 0 Å². The number of rotatable bonds is 10. The fourth-order valence-electron chi connectivity index (χ4n) is 3.67. The second-order valence-electron chi connectivity index (χ2n) is 7.56. The van der Waals surface area contributed by atoms with Gasteiger partial charge in [0.1, 0.15) is 0 Å². The van der Waals surface area contributed by atoms with Gasteiger partial charge in [-0.2, -0.15) is 5.10 Å². The minimum absolute atomic E-state index is 0.354. The van der Waals surface area contributed by atoms with Crippen LogP contribution in [0.4, 0.5) is 0 Å². The van der Waals surface area contributed by atoms with E-state index >= 15 is 0 Å². The molecule has 0 bridgehead atoms. The fourth-order valence-corrected chi connectivity index (χ4v) is 3.67. The lowest BCUT2D eigenvalue weighted by Crippen LogP contribution is -2.27. The zero-order valence-corrected chi connectivity index (χ0v) is 16.0. The van der Waals surface area contributed by atoms with E-state index in [4.69, 9.17) is 4.74 Å². The molecule has 1 aromatic heterocycles. The Morgan fingerprint density at radius 2 is 2.08 bits per heavy atom. The van der Waals surface area contributed by atoms with Crippen molar-refractivity contribution in [3.05, 3.63) is 17.5 Å². The van der Waals surface area contributed by atoms with Gasteiger partial charge in [-0.25, -0.2) is 0 Å². The Bertz CT molecular complexity index is 452. The van der Waals surface area contributed by atoms with Crippen LogP contribution in [0.2, 0.25) is 0 Å². The van der Waals surface area contributed by atoms with E-state index in [0.29, 0.717) is 12.0 Å². The van der Waals surface area contributed by atoms with Crippen LogP contribution in [0.1, 0.15) is 63.1 Å². The number of aromatic amines is 1. The van der Waals surface area contributed by atoms with Gasteiger partial charge >= 0.3 is 0 Å². The molecule has 0 unspecified atom stereocenters. The molecule has 0 spiro atoms. The highest BCUT2D eigenvalue weighted by Gasteiger charge is 2.25. The first-order valence-electron chi connectivity index (χ1n) is 9.57. The summed E-state index contributed by atoms with van der Waals surface area (Å²) < 4.78 is 5.71. The molecule has 0 radical (unpaired) electrons. The van der Waals surface area contributed by atoms with Crippen LogP contribution in [0.5, 0.6) is 0 Å². The Balaban J connectivity index is 1.79. The molecule has 1 aliphatic carbocycles. The van der Waals surface area contributed by atoms with E-state index in [1.54, 1.807) is 0 Å². The van der Waals surface area contributed by atoms with Crippen LogP contribution < -0.4 is 5.32 Å². The normalized spacial score (nSPS) is 21.8. The summed E-state index contributed by atoms with van der Waals surface area (Å²) in [6.07, 6.45) is 8.82. The summed E-state index contributed by atoms with van der Waals surface area (Å²) in [7, 11) is 4.18. The van der Waals surface area contributed by atoms with Gasteiger partial charge in [0, 0.05) is 43.9 Å². The van der Waals surface area contributed by atoms with E-state index in [1.807, 2.05) is 7.05 Å². The summed E-state index contributed by atoms with van der Waals surface area (Å²) in [6.45, 7) is 8.21. The zero-order chi connectivity index (χ0) is 17.4. The number of nitrogens with one attached hydrogen (secondary N) is 2. The van der Waals surface area contributed by atoms with Gasteiger partial charge in [0.2, 0.25) is 0 Å². The van der Waals surface area contributed by atoms with E-state index in [2.05, 4.69) is 47.5 Å². The molecule has 2 rings (SSSR count). The highest BCUT2D eigenvalue weighted by atomic mass is 16.5. The fraction of sp³-hybridized carbons (Fsp3) is 0.842. The molecule has 0 amide bonds. The maximum absolute atomic E-state index is 5.71. The van der Waals surface area contributed by atoms with E-state index in [0.717, 1.165) is 32.2 Å². The Kier molecular flexibility index (Phi) is 8.22. The van der Waals surface area contributed by atoms with Gasteiger partial charge in [0.15, 0.2) is 0 Å². The third kappa shape index (κ3) is 6.19. The first kappa shape index (κ1) is 19.4. The average molecular weight is 337 g/mol. The minimum Gasteiger partial charge on any atom is -0.379 e. The zero-order valence-electron chi connectivity index (χ0n) is 16.0. The number of likely N-dealkylation sites (N-methyl/N-ethyl adjacent to an activating group) is 2. The molecule has 1 aromatic rings. The van der Waals surface area contributed by atoms with E-state index in [9.17, 15) is 0 Å². The SMILES string of the molecule is CNCCN(C)Cc1c[nH]nc1[C@H]1CC[C@@H](CCOC(C)C)CC1. The molecule has 1 heterocycles. The largest absolute Gasteiger partial charge is 0.379 e. The van der Waals surface area contributed by atoms with E-state index in [-0.39, 0.29) is 0 Å². The smallest absolute Gasteiger partial charge is 0.0697 e. The molecule has 1 fully saturated rings.